The fourth-order valence-corrected chi connectivity index (χ4v) is 2.16. The van der Waals surface area contributed by atoms with Gasteiger partial charge in [-0.2, -0.15) is 0 Å². The van der Waals surface area contributed by atoms with Gasteiger partial charge in [0.05, 0.1) is 12.2 Å². The standard InChI is InChI=1S/C18H15N3O/c22-18(15-8-2-1-3-9-15)21(17-11-5-7-13-20-17)14-16-10-4-6-12-19-16/h1-13H,14H2. The maximum Gasteiger partial charge on any atom is 0.259 e. The molecule has 1 aromatic carbocycles. The maximum absolute atomic E-state index is 12.8. The van der Waals surface area contributed by atoms with E-state index in [0.717, 1.165) is 5.69 Å². The molecule has 0 N–H and O–H groups in total. The van der Waals surface area contributed by atoms with Crippen molar-refractivity contribution < 1.29 is 4.79 Å². The minimum absolute atomic E-state index is 0.0926. The highest BCUT2D eigenvalue weighted by atomic mass is 16.2. The number of hydrogen-bond acceptors (Lipinski definition) is 3. The predicted octanol–water partition coefficient (Wildman–Crippen LogP) is 3.32. The average Bonchev–Trinajstić information content (AvgIpc) is 2.61. The molecule has 0 radical (unpaired) electrons. The van der Waals surface area contributed by atoms with Crippen LogP contribution in [0.2, 0.25) is 0 Å². The van der Waals surface area contributed by atoms with Gasteiger partial charge in [-0.25, -0.2) is 4.98 Å². The lowest BCUT2D eigenvalue weighted by molar-refractivity contribution is 0.0984. The third kappa shape index (κ3) is 3.17. The Morgan fingerprint density at radius 1 is 0.818 bits per heavy atom. The Morgan fingerprint density at radius 2 is 1.50 bits per heavy atom. The summed E-state index contributed by atoms with van der Waals surface area (Å²) in [5.74, 6) is 0.520. The monoisotopic (exact) mass is 289 g/mol. The van der Waals surface area contributed by atoms with E-state index in [2.05, 4.69) is 9.97 Å². The van der Waals surface area contributed by atoms with Gasteiger partial charge in [0.1, 0.15) is 5.82 Å². The second-order valence-corrected chi connectivity index (χ2v) is 4.77. The van der Waals surface area contributed by atoms with Gasteiger partial charge in [-0.1, -0.05) is 30.3 Å². The van der Waals surface area contributed by atoms with E-state index < -0.39 is 0 Å². The van der Waals surface area contributed by atoms with Crippen molar-refractivity contribution in [3.8, 4) is 0 Å². The number of anilines is 1. The van der Waals surface area contributed by atoms with Gasteiger partial charge in [0.2, 0.25) is 0 Å². The Labute approximate surface area is 129 Å². The van der Waals surface area contributed by atoms with Crippen molar-refractivity contribution in [3.63, 3.8) is 0 Å². The van der Waals surface area contributed by atoms with Crippen molar-refractivity contribution in [1.29, 1.82) is 0 Å². The van der Waals surface area contributed by atoms with E-state index >= 15 is 0 Å². The quantitative estimate of drug-likeness (QED) is 0.740. The van der Waals surface area contributed by atoms with E-state index in [-0.39, 0.29) is 5.91 Å². The van der Waals surface area contributed by atoms with E-state index in [1.165, 1.54) is 0 Å². The molecule has 2 heterocycles. The van der Waals surface area contributed by atoms with E-state index in [4.69, 9.17) is 0 Å². The number of pyridine rings is 2. The summed E-state index contributed by atoms with van der Waals surface area (Å²) in [6.07, 6.45) is 3.40. The summed E-state index contributed by atoms with van der Waals surface area (Å²) in [4.78, 5) is 23.0. The zero-order valence-electron chi connectivity index (χ0n) is 12.0. The highest BCUT2D eigenvalue weighted by Gasteiger charge is 2.19. The second kappa shape index (κ2) is 6.63. The number of hydrogen-bond donors (Lipinski definition) is 0. The number of nitrogens with zero attached hydrogens (tertiary/aromatic N) is 3. The smallest absolute Gasteiger partial charge is 0.259 e. The molecule has 0 saturated carbocycles. The molecule has 108 valence electrons. The van der Waals surface area contributed by atoms with Crippen molar-refractivity contribution in [2.75, 3.05) is 4.90 Å². The number of amides is 1. The van der Waals surface area contributed by atoms with Crippen LogP contribution in [-0.4, -0.2) is 15.9 Å². The van der Waals surface area contributed by atoms with Crippen LogP contribution in [0, 0.1) is 0 Å². The van der Waals surface area contributed by atoms with Crippen molar-refractivity contribution in [2.45, 2.75) is 6.54 Å². The molecule has 0 saturated heterocycles. The average molecular weight is 289 g/mol. The van der Waals surface area contributed by atoms with Crippen molar-refractivity contribution in [3.05, 3.63) is 90.4 Å². The topological polar surface area (TPSA) is 46.1 Å². The van der Waals surface area contributed by atoms with Gasteiger partial charge in [0.15, 0.2) is 0 Å². The number of aromatic nitrogens is 2. The molecule has 0 aliphatic heterocycles. The van der Waals surface area contributed by atoms with Crippen LogP contribution in [0.1, 0.15) is 16.1 Å². The van der Waals surface area contributed by atoms with Gasteiger partial charge < -0.3 is 0 Å². The second-order valence-electron chi connectivity index (χ2n) is 4.77. The van der Waals surface area contributed by atoms with E-state index in [9.17, 15) is 4.79 Å². The van der Waals surface area contributed by atoms with Crippen LogP contribution in [0.4, 0.5) is 5.82 Å². The molecule has 0 unspecified atom stereocenters. The van der Waals surface area contributed by atoms with Gasteiger partial charge in [0.25, 0.3) is 5.91 Å². The lowest BCUT2D eigenvalue weighted by Gasteiger charge is -2.21. The highest BCUT2D eigenvalue weighted by molar-refractivity contribution is 6.05. The Bertz CT molecular complexity index is 730. The summed E-state index contributed by atoms with van der Waals surface area (Å²) < 4.78 is 0. The van der Waals surface area contributed by atoms with Gasteiger partial charge in [0, 0.05) is 18.0 Å². The zero-order valence-corrected chi connectivity index (χ0v) is 12.0. The molecule has 22 heavy (non-hydrogen) atoms. The molecule has 0 spiro atoms. The maximum atomic E-state index is 12.8. The Balaban J connectivity index is 1.95. The number of benzene rings is 1. The fourth-order valence-electron chi connectivity index (χ4n) is 2.16. The summed E-state index contributed by atoms with van der Waals surface area (Å²) in [7, 11) is 0. The Kier molecular flexibility index (Phi) is 4.20. The van der Waals surface area contributed by atoms with Crippen LogP contribution < -0.4 is 4.90 Å². The largest absolute Gasteiger partial charge is 0.287 e. The van der Waals surface area contributed by atoms with E-state index in [1.807, 2.05) is 54.6 Å². The van der Waals surface area contributed by atoms with Crippen LogP contribution in [0.3, 0.4) is 0 Å². The molecule has 4 nitrogen and oxygen atoms in total. The minimum atomic E-state index is -0.0926. The fraction of sp³-hybridized carbons (Fsp3) is 0.0556. The Hall–Kier alpha value is -3.01. The number of carbonyl (C=O) groups is 1. The lowest BCUT2D eigenvalue weighted by Crippen LogP contribution is -2.31. The molecular formula is C18H15N3O. The van der Waals surface area contributed by atoms with Gasteiger partial charge in [-0.05, 0) is 36.4 Å². The van der Waals surface area contributed by atoms with E-state index in [1.54, 1.807) is 29.4 Å². The summed E-state index contributed by atoms with van der Waals surface area (Å²) in [5.41, 5.74) is 1.45. The molecule has 1 amide bonds. The molecule has 4 heteroatoms. The zero-order chi connectivity index (χ0) is 15.2. The number of rotatable bonds is 4. The predicted molar refractivity (Wildman–Crippen MR) is 85.4 cm³/mol. The third-order valence-corrected chi connectivity index (χ3v) is 3.24. The summed E-state index contributed by atoms with van der Waals surface area (Å²) in [5, 5.41) is 0. The lowest BCUT2D eigenvalue weighted by atomic mass is 10.2. The first kappa shape index (κ1) is 13.9. The van der Waals surface area contributed by atoms with Crippen LogP contribution >= 0.6 is 0 Å². The van der Waals surface area contributed by atoms with Crippen LogP contribution in [-0.2, 0) is 6.54 Å². The van der Waals surface area contributed by atoms with Gasteiger partial charge in [-0.15, -0.1) is 0 Å². The first-order valence-electron chi connectivity index (χ1n) is 7.02. The molecule has 0 bridgehead atoms. The molecule has 0 aliphatic rings. The van der Waals surface area contributed by atoms with Crippen LogP contribution in [0.15, 0.2) is 79.1 Å². The van der Waals surface area contributed by atoms with E-state index in [0.29, 0.717) is 17.9 Å². The molecular weight excluding hydrogens is 274 g/mol. The number of carbonyl (C=O) groups excluding carboxylic acids is 1. The summed E-state index contributed by atoms with van der Waals surface area (Å²) in [6, 6.07) is 20.4. The molecule has 0 fully saturated rings. The van der Waals surface area contributed by atoms with Crippen molar-refractivity contribution in [2.24, 2.45) is 0 Å². The minimum Gasteiger partial charge on any atom is -0.287 e. The normalized spacial score (nSPS) is 10.2. The molecule has 0 atom stereocenters. The summed E-state index contributed by atoms with van der Waals surface area (Å²) >= 11 is 0. The first-order chi connectivity index (χ1) is 10.8. The molecule has 3 rings (SSSR count). The van der Waals surface area contributed by atoms with Crippen molar-refractivity contribution in [1.82, 2.24) is 9.97 Å². The first-order valence-corrected chi connectivity index (χ1v) is 7.02. The highest BCUT2D eigenvalue weighted by Crippen LogP contribution is 2.16. The van der Waals surface area contributed by atoms with Gasteiger partial charge >= 0.3 is 0 Å². The molecule has 3 aromatic rings. The third-order valence-electron chi connectivity index (χ3n) is 3.24. The van der Waals surface area contributed by atoms with Crippen LogP contribution in [0.25, 0.3) is 0 Å². The van der Waals surface area contributed by atoms with Gasteiger partial charge in [-0.3, -0.25) is 14.7 Å². The Morgan fingerprint density at radius 3 is 2.14 bits per heavy atom. The van der Waals surface area contributed by atoms with Crippen LogP contribution in [0.5, 0.6) is 0 Å². The molecule has 2 aromatic heterocycles. The molecule has 0 aliphatic carbocycles. The summed E-state index contributed by atoms with van der Waals surface area (Å²) in [6.45, 7) is 0.381. The SMILES string of the molecule is O=C(c1ccccc1)N(Cc1ccccn1)c1ccccn1. The van der Waals surface area contributed by atoms with Crippen molar-refractivity contribution >= 4 is 11.7 Å².